The maximum absolute atomic E-state index is 10.8. The predicted molar refractivity (Wildman–Crippen MR) is 75.7 cm³/mol. The predicted octanol–water partition coefficient (Wildman–Crippen LogP) is 2.73. The Kier molecular flexibility index (Phi) is 4.73. The second-order valence-corrected chi connectivity index (χ2v) is 4.99. The third-order valence-electron chi connectivity index (χ3n) is 2.67. The van der Waals surface area contributed by atoms with Gasteiger partial charge in [0.15, 0.2) is 5.82 Å². The smallest absolute Gasteiger partial charge is 0.335 e. The van der Waals surface area contributed by atoms with Crippen molar-refractivity contribution in [2.24, 2.45) is 0 Å². The molecule has 0 aliphatic heterocycles. The van der Waals surface area contributed by atoms with Gasteiger partial charge in [0.05, 0.1) is 10.0 Å². The molecular formula is C13H14BrN3O3. The van der Waals surface area contributed by atoms with E-state index >= 15 is 0 Å². The van der Waals surface area contributed by atoms with Crippen LogP contribution in [0.1, 0.15) is 29.5 Å². The van der Waals surface area contributed by atoms with Gasteiger partial charge >= 0.3 is 5.97 Å². The van der Waals surface area contributed by atoms with Gasteiger partial charge in [0.2, 0.25) is 0 Å². The van der Waals surface area contributed by atoms with Gasteiger partial charge in [-0.1, -0.05) is 6.92 Å². The first-order chi connectivity index (χ1) is 9.61. The molecule has 0 fully saturated rings. The molecule has 0 radical (unpaired) electrons. The molecule has 106 valence electrons. The van der Waals surface area contributed by atoms with Crippen molar-refractivity contribution in [2.45, 2.75) is 26.5 Å². The number of halogens is 1. The van der Waals surface area contributed by atoms with Gasteiger partial charge in [0, 0.05) is 6.54 Å². The quantitative estimate of drug-likeness (QED) is 0.875. The van der Waals surface area contributed by atoms with Crippen LogP contribution in [0.3, 0.4) is 0 Å². The molecule has 0 aliphatic carbocycles. The van der Waals surface area contributed by atoms with Crippen LogP contribution in [-0.4, -0.2) is 25.8 Å². The largest absolute Gasteiger partial charge is 0.484 e. The Morgan fingerprint density at radius 1 is 1.50 bits per heavy atom. The lowest BCUT2D eigenvalue weighted by Crippen LogP contribution is -2.08. The summed E-state index contributed by atoms with van der Waals surface area (Å²) in [4.78, 5) is 15.0. The van der Waals surface area contributed by atoms with Crippen molar-refractivity contribution in [3.63, 3.8) is 0 Å². The molecule has 0 saturated heterocycles. The first-order valence-electron chi connectivity index (χ1n) is 6.14. The summed E-state index contributed by atoms with van der Waals surface area (Å²) in [6.07, 6.45) is 2.46. The number of nitrogens with zero attached hydrogens (tertiary/aromatic N) is 3. The van der Waals surface area contributed by atoms with Crippen LogP contribution in [0.2, 0.25) is 0 Å². The van der Waals surface area contributed by atoms with Gasteiger partial charge in [-0.05, 0) is 40.5 Å². The number of carboxylic acid groups (broad SMARTS) is 1. The zero-order valence-corrected chi connectivity index (χ0v) is 12.5. The van der Waals surface area contributed by atoms with Crippen LogP contribution < -0.4 is 4.74 Å². The third kappa shape index (κ3) is 3.36. The number of hydrogen-bond acceptors (Lipinski definition) is 4. The maximum Gasteiger partial charge on any atom is 0.335 e. The fourth-order valence-electron chi connectivity index (χ4n) is 1.69. The Labute approximate surface area is 124 Å². The van der Waals surface area contributed by atoms with E-state index in [0.29, 0.717) is 10.2 Å². The summed E-state index contributed by atoms with van der Waals surface area (Å²) >= 11 is 3.30. The minimum absolute atomic E-state index is 0.207. The molecule has 0 atom stereocenters. The number of ether oxygens (including phenoxy) is 1. The summed E-state index contributed by atoms with van der Waals surface area (Å²) in [7, 11) is 0. The molecule has 2 aromatic rings. The van der Waals surface area contributed by atoms with Crippen molar-refractivity contribution >= 4 is 21.9 Å². The third-order valence-corrected chi connectivity index (χ3v) is 3.29. The maximum atomic E-state index is 10.8. The molecule has 1 aromatic carbocycles. The lowest BCUT2D eigenvalue weighted by Gasteiger charge is -2.09. The number of hydrogen-bond donors (Lipinski definition) is 1. The minimum Gasteiger partial charge on any atom is -0.484 e. The van der Waals surface area contributed by atoms with Crippen molar-refractivity contribution in [3.05, 3.63) is 40.4 Å². The molecule has 7 heteroatoms. The topological polar surface area (TPSA) is 77.2 Å². The first-order valence-corrected chi connectivity index (χ1v) is 6.93. The number of aromatic nitrogens is 3. The molecule has 0 unspecified atom stereocenters. The number of aryl methyl sites for hydroxylation is 1. The molecule has 0 aliphatic rings. The lowest BCUT2D eigenvalue weighted by molar-refractivity contribution is 0.0696. The van der Waals surface area contributed by atoms with Gasteiger partial charge in [-0.3, -0.25) is 0 Å². The number of rotatable bonds is 6. The van der Waals surface area contributed by atoms with Crippen LogP contribution in [0, 0.1) is 0 Å². The Morgan fingerprint density at radius 3 is 2.95 bits per heavy atom. The lowest BCUT2D eigenvalue weighted by atomic mass is 10.2. The van der Waals surface area contributed by atoms with E-state index in [2.05, 4.69) is 32.9 Å². The van der Waals surface area contributed by atoms with Gasteiger partial charge in [-0.15, -0.1) is 0 Å². The summed E-state index contributed by atoms with van der Waals surface area (Å²) < 4.78 is 8.03. The Hall–Kier alpha value is -1.89. The van der Waals surface area contributed by atoms with Crippen molar-refractivity contribution in [2.75, 3.05) is 0 Å². The molecule has 0 bridgehead atoms. The summed E-state index contributed by atoms with van der Waals surface area (Å²) in [6.45, 7) is 3.14. The van der Waals surface area contributed by atoms with Gasteiger partial charge in [0.25, 0.3) is 0 Å². The standard InChI is InChI=1S/C13H14BrN3O3/c1-2-5-17-12(15-8-16-17)7-20-11-4-3-9(13(18)19)6-10(11)14/h3-4,6,8H,2,5,7H2,1H3,(H,18,19). The highest BCUT2D eigenvalue weighted by Crippen LogP contribution is 2.26. The summed E-state index contributed by atoms with van der Waals surface area (Å²) in [5, 5.41) is 13.0. The van der Waals surface area contributed by atoms with Gasteiger partial charge in [-0.25, -0.2) is 14.5 Å². The molecule has 1 aromatic heterocycles. The monoisotopic (exact) mass is 339 g/mol. The molecular weight excluding hydrogens is 326 g/mol. The van der Waals surface area contributed by atoms with E-state index < -0.39 is 5.97 Å². The second kappa shape index (κ2) is 6.51. The average Bonchev–Trinajstić information content (AvgIpc) is 2.85. The van der Waals surface area contributed by atoms with E-state index in [1.54, 1.807) is 10.7 Å². The van der Waals surface area contributed by atoms with Crippen LogP contribution in [0.15, 0.2) is 29.0 Å². The number of benzene rings is 1. The summed E-state index contributed by atoms with van der Waals surface area (Å²) in [6, 6.07) is 4.63. The summed E-state index contributed by atoms with van der Waals surface area (Å²) in [5.41, 5.74) is 0.207. The Morgan fingerprint density at radius 2 is 2.30 bits per heavy atom. The van der Waals surface area contributed by atoms with Crippen molar-refractivity contribution in [1.29, 1.82) is 0 Å². The molecule has 0 amide bonds. The van der Waals surface area contributed by atoms with Gasteiger partial charge < -0.3 is 9.84 Å². The Bertz CT molecular complexity index is 613. The van der Waals surface area contributed by atoms with Crippen molar-refractivity contribution in [3.8, 4) is 5.75 Å². The fraction of sp³-hybridized carbons (Fsp3) is 0.308. The van der Waals surface area contributed by atoms with E-state index in [-0.39, 0.29) is 12.2 Å². The van der Waals surface area contributed by atoms with Crippen LogP contribution in [0.4, 0.5) is 0 Å². The molecule has 0 saturated carbocycles. The molecule has 0 spiro atoms. The van der Waals surface area contributed by atoms with Crippen molar-refractivity contribution < 1.29 is 14.6 Å². The first kappa shape index (κ1) is 14.5. The average molecular weight is 340 g/mol. The zero-order valence-electron chi connectivity index (χ0n) is 10.9. The molecule has 6 nitrogen and oxygen atoms in total. The highest BCUT2D eigenvalue weighted by Gasteiger charge is 2.09. The number of carboxylic acids is 1. The van der Waals surface area contributed by atoms with E-state index in [4.69, 9.17) is 9.84 Å². The SMILES string of the molecule is CCCn1ncnc1COc1ccc(C(=O)O)cc1Br. The zero-order chi connectivity index (χ0) is 14.5. The highest BCUT2D eigenvalue weighted by atomic mass is 79.9. The second-order valence-electron chi connectivity index (χ2n) is 4.14. The molecule has 1 heterocycles. The van der Waals surface area contributed by atoms with E-state index in [0.717, 1.165) is 18.8 Å². The number of aromatic carboxylic acids is 1. The van der Waals surface area contributed by atoms with Crippen molar-refractivity contribution in [1.82, 2.24) is 14.8 Å². The van der Waals surface area contributed by atoms with Crippen LogP contribution in [0.5, 0.6) is 5.75 Å². The van der Waals surface area contributed by atoms with Gasteiger partial charge in [0.1, 0.15) is 18.7 Å². The highest BCUT2D eigenvalue weighted by molar-refractivity contribution is 9.10. The van der Waals surface area contributed by atoms with E-state index in [9.17, 15) is 4.79 Å². The summed E-state index contributed by atoms with van der Waals surface area (Å²) in [5.74, 6) is 0.335. The molecule has 2 rings (SSSR count). The minimum atomic E-state index is -0.972. The molecule has 1 N–H and O–H groups in total. The van der Waals surface area contributed by atoms with Crippen LogP contribution in [-0.2, 0) is 13.2 Å². The van der Waals surface area contributed by atoms with Gasteiger partial charge in [-0.2, -0.15) is 5.10 Å². The normalized spacial score (nSPS) is 10.5. The molecule has 20 heavy (non-hydrogen) atoms. The van der Waals surface area contributed by atoms with E-state index in [1.165, 1.54) is 18.5 Å². The van der Waals surface area contributed by atoms with Crippen LogP contribution in [0.25, 0.3) is 0 Å². The Balaban J connectivity index is 2.07. The van der Waals surface area contributed by atoms with Crippen LogP contribution >= 0.6 is 15.9 Å². The number of carbonyl (C=O) groups is 1. The van der Waals surface area contributed by atoms with E-state index in [1.807, 2.05) is 0 Å². The fourth-order valence-corrected chi connectivity index (χ4v) is 2.18.